The molecule has 4 rings (SSSR count). The quantitative estimate of drug-likeness (QED) is 0.573. The molecule has 1 fully saturated rings. The van der Waals surface area contributed by atoms with Crippen molar-refractivity contribution in [2.45, 2.75) is 38.1 Å². The molecular formula is C21H24F3N7O3. The minimum Gasteiger partial charge on any atom is -0.475 e. The SMILES string of the molecule is NCc1cn(C2CCN(C(=O)c3cnn(Cc4ccccc4)c3)CC2)nn1.O=C(O)C(F)(F)F. The van der Waals surface area contributed by atoms with Gasteiger partial charge >= 0.3 is 12.1 Å². The fourth-order valence-corrected chi connectivity index (χ4v) is 3.43. The van der Waals surface area contributed by atoms with Crippen LogP contribution in [0.15, 0.2) is 48.9 Å². The van der Waals surface area contributed by atoms with Crippen molar-refractivity contribution in [2.24, 2.45) is 5.73 Å². The number of halogens is 3. The molecule has 0 atom stereocenters. The Kier molecular flexibility index (Phi) is 7.99. The number of benzene rings is 1. The summed E-state index contributed by atoms with van der Waals surface area (Å²) in [7, 11) is 0. The Hall–Kier alpha value is -3.74. The second kappa shape index (κ2) is 10.9. The van der Waals surface area contributed by atoms with E-state index in [9.17, 15) is 18.0 Å². The van der Waals surface area contributed by atoms with Gasteiger partial charge in [-0.25, -0.2) is 9.48 Å². The number of hydrogen-bond donors (Lipinski definition) is 2. The Bertz CT molecular complexity index is 1090. The second-order valence-corrected chi connectivity index (χ2v) is 7.63. The smallest absolute Gasteiger partial charge is 0.475 e. The first kappa shape index (κ1) is 24.9. The number of rotatable bonds is 5. The molecule has 0 spiro atoms. The molecule has 1 aliphatic heterocycles. The largest absolute Gasteiger partial charge is 0.490 e. The third kappa shape index (κ3) is 6.63. The molecule has 1 aromatic carbocycles. The Morgan fingerprint density at radius 2 is 1.76 bits per heavy atom. The first-order chi connectivity index (χ1) is 16.2. The van der Waals surface area contributed by atoms with Crippen molar-refractivity contribution < 1.29 is 27.9 Å². The van der Waals surface area contributed by atoms with Crippen molar-refractivity contribution in [3.05, 3.63) is 65.7 Å². The van der Waals surface area contributed by atoms with Gasteiger partial charge in [-0.1, -0.05) is 35.5 Å². The molecular weight excluding hydrogens is 455 g/mol. The van der Waals surface area contributed by atoms with E-state index in [1.807, 2.05) is 52.3 Å². The summed E-state index contributed by atoms with van der Waals surface area (Å²) in [6.45, 7) is 2.45. The molecule has 0 aliphatic carbocycles. The summed E-state index contributed by atoms with van der Waals surface area (Å²) in [6, 6.07) is 10.4. The normalized spacial score (nSPS) is 14.4. The number of carbonyl (C=O) groups excluding carboxylic acids is 1. The van der Waals surface area contributed by atoms with Gasteiger partial charge in [0, 0.05) is 25.8 Å². The van der Waals surface area contributed by atoms with Gasteiger partial charge in [0.15, 0.2) is 0 Å². The predicted molar refractivity (Wildman–Crippen MR) is 114 cm³/mol. The minimum atomic E-state index is -5.08. The number of aliphatic carboxylic acids is 1. The first-order valence-corrected chi connectivity index (χ1v) is 10.4. The van der Waals surface area contributed by atoms with Crippen molar-refractivity contribution in [2.75, 3.05) is 13.1 Å². The highest BCUT2D eigenvalue weighted by Crippen LogP contribution is 2.23. The summed E-state index contributed by atoms with van der Waals surface area (Å²) >= 11 is 0. The van der Waals surface area contributed by atoms with Crippen LogP contribution in [0.3, 0.4) is 0 Å². The summed E-state index contributed by atoms with van der Waals surface area (Å²) in [5.41, 5.74) is 8.18. The highest BCUT2D eigenvalue weighted by Gasteiger charge is 2.38. The number of carboxylic acids is 1. The topological polar surface area (TPSA) is 132 Å². The van der Waals surface area contributed by atoms with E-state index >= 15 is 0 Å². The van der Waals surface area contributed by atoms with Crippen LogP contribution in [0.1, 0.15) is 40.5 Å². The lowest BCUT2D eigenvalue weighted by Crippen LogP contribution is -2.39. The number of amides is 1. The van der Waals surface area contributed by atoms with Crippen molar-refractivity contribution in [3.8, 4) is 0 Å². The predicted octanol–water partition coefficient (Wildman–Crippen LogP) is 2.09. The zero-order valence-corrected chi connectivity index (χ0v) is 18.1. The average molecular weight is 479 g/mol. The maximum absolute atomic E-state index is 12.8. The molecule has 0 radical (unpaired) electrons. The van der Waals surface area contributed by atoms with E-state index in [2.05, 4.69) is 15.4 Å². The molecule has 182 valence electrons. The highest BCUT2D eigenvalue weighted by atomic mass is 19.4. The van der Waals surface area contributed by atoms with E-state index in [1.165, 1.54) is 0 Å². The molecule has 3 N–H and O–H groups in total. The number of alkyl halides is 3. The van der Waals surface area contributed by atoms with Gasteiger partial charge in [0.05, 0.1) is 36.2 Å². The standard InChI is InChI=1S/C19H23N7O.C2HF3O2/c20-10-17-14-26(23-22-17)18-6-8-24(9-7-18)19(27)16-11-21-25(13-16)12-15-4-2-1-3-5-15;3-2(4,5)1(6)7/h1-5,11,13-14,18H,6-10,12,20H2;(H,6,7). The Balaban J connectivity index is 0.000000406. The van der Waals surface area contributed by atoms with Crippen molar-refractivity contribution in [3.63, 3.8) is 0 Å². The molecule has 34 heavy (non-hydrogen) atoms. The third-order valence-electron chi connectivity index (χ3n) is 5.20. The summed E-state index contributed by atoms with van der Waals surface area (Å²) < 4.78 is 35.4. The fourth-order valence-electron chi connectivity index (χ4n) is 3.43. The Morgan fingerprint density at radius 3 is 2.32 bits per heavy atom. The van der Waals surface area contributed by atoms with Gasteiger partial charge in [-0.3, -0.25) is 9.48 Å². The first-order valence-electron chi connectivity index (χ1n) is 10.4. The van der Waals surface area contributed by atoms with Crippen LogP contribution >= 0.6 is 0 Å². The van der Waals surface area contributed by atoms with Gasteiger partial charge in [0.2, 0.25) is 0 Å². The number of piperidine rings is 1. The summed E-state index contributed by atoms with van der Waals surface area (Å²) in [4.78, 5) is 23.6. The minimum absolute atomic E-state index is 0.0361. The van der Waals surface area contributed by atoms with Crippen LogP contribution < -0.4 is 5.73 Å². The van der Waals surface area contributed by atoms with Gasteiger partial charge < -0.3 is 15.7 Å². The molecule has 1 amide bonds. The number of aromatic nitrogens is 5. The third-order valence-corrected chi connectivity index (χ3v) is 5.20. The maximum atomic E-state index is 12.8. The number of nitrogens with zero attached hydrogens (tertiary/aromatic N) is 6. The second-order valence-electron chi connectivity index (χ2n) is 7.63. The van der Waals surface area contributed by atoms with E-state index < -0.39 is 12.1 Å². The lowest BCUT2D eigenvalue weighted by molar-refractivity contribution is -0.192. The molecule has 1 saturated heterocycles. The molecule has 1 aliphatic rings. The van der Waals surface area contributed by atoms with Crippen LogP contribution in [0.2, 0.25) is 0 Å². The number of hydrogen-bond acceptors (Lipinski definition) is 6. The molecule has 0 bridgehead atoms. The highest BCUT2D eigenvalue weighted by molar-refractivity contribution is 5.93. The van der Waals surface area contributed by atoms with Crippen LogP contribution in [-0.4, -0.2) is 65.9 Å². The van der Waals surface area contributed by atoms with E-state index in [0.29, 0.717) is 31.7 Å². The van der Waals surface area contributed by atoms with Gasteiger partial charge in [-0.15, -0.1) is 5.10 Å². The van der Waals surface area contributed by atoms with E-state index in [-0.39, 0.29) is 11.9 Å². The van der Waals surface area contributed by atoms with Crippen LogP contribution in [-0.2, 0) is 17.9 Å². The Labute approximate surface area is 192 Å². The molecule has 0 saturated carbocycles. The summed E-state index contributed by atoms with van der Waals surface area (Å²) in [5.74, 6) is -2.72. The molecule has 2 aromatic heterocycles. The zero-order valence-electron chi connectivity index (χ0n) is 18.1. The van der Waals surface area contributed by atoms with E-state index in [0.717, 1.165) is 24.1 Å². The van der Waals surface area contributed by atoms with Gasteiger partial charge in [-0.2, -0.15) is 18.3 Å². The van der Waals surface area contributed by atoms with Crippen LogP contribution in [0, 0.1) is 0 Å². The van der Waals surface area contributed by atoms with E-state index in [4.69, 9.17) is 15.6 Å². The summed E-state index contributed by atoms with van der Waals surface area (Å²) in [5, 5.41) is 19.7. The zero-order chi connectivity index (χ0) is 24.7. The van der Waals surface area contributed by atoms with Gasteiger partial charge in [-0.05, 0) is 18.4 Å². The molecule has 3 heterocycles. The monoisotopic (exact) mass is 479 g/mol. The maximum Gasteiger partial charge on any atom is 0.490 e. The number of carboxylic acid groups (broad SMARTS) is 1. The van der Waals surface area contributed by atoms with Crippen LogP contribution in [0.25, 0.3) is 0 Å². The van der Waals surface area contributed by atoms with Gasteiger partial charge in [0.1, 0.15) is 0 Å². The Morgan fingerprint density at radius 1 is 1.12 bits per heavy atom. The van der Waals surface area contributed by atoms with Crippen LogP contribution in [0.5, 0.6) is 0 Å². The summed E-state index contributed by atoms with van der Waals surface area (Å²) in [6.07, 6.45) is 2.01. The number of likely N-dealkylation sites (tertiary alicyclic amines) is 1. The molecule has 10 nitrogen and oxygen atoms in total. The molecule has 0 unspecified atom stereocenters. The molecule has 3 aromatic rings. The number of nitrogens with two attached hydrogens (primary N) is 1. The van der Waals surface area contributed by atoms with Crippen molar-refractivity contribution >= 4 is 11.9 Å². The molecule has 13 heteroatoms. The fraction of sp³-hybridized carbons (Fsp3) is 0.381. The van der Waals surface area contributed by atoms with Crippen molar-refractivity contribution in [1.82, 2.24) is 29.7 Å². The lowest BCUT2D eigenvalue weighted by Gasteiger charge is -2.31. The van der Waals surface area contributed by atoms with Gasteiger partial charge in [0.25, 0.3) is 5.91 Å². The van der Waals surface area contributed by atoms with Crippen LogP contribution in [0.4, 0.5) is 13.2 Å². The number of carbonyl (C=O) groups is 2. The average Bonchev–Trinajstić information content (AvgIpc) is 3.49. The lowest BCUT2D eigenvalue weighted by atomic mass is 10.0. The van der Waals surface area contributed by atoms with E-state index in [1.54, 1.807) is 10.9 Å². The van der Waals surface area contributed by atoms with Crippen molar-refractivity contribution in [1.29, 1.82) is 0 Å².